The number of nitro benzene ring substituents is 1. The van der Waals surface area contributed by atoms with E-state index in [0.717, 1.165) is 5.56 Å². The maximum Gasteiger partial charge on any atom is 0.269 e. The number of benzene rings is 3. The minimum absolute atomic E-state index is 0.0240. The summed E-state index contributed by atoms with van der Waals surface area (Å²) in [7, 11) is 0. The fraction of sp³-hybridized carbons (Fsp3) is 0.0500. The van der Waals surface area contributed by atoms with Gasteiger partial charge in [0.15, 0.2) is 0 Å². The highest BCUT2D eigenvalue weighted by Gasteiger charge is 2.05. The average molecular weight is 382 g/mol. The maximum absolute atomic E-state index is 10.7. The second-order valence-electron chi connectivity index (χ2n) is 5.63. The third-order valence-corrected chi connectivity index (χ3v) is 3.92. The van der Waals surface area contributed by atoms with Gasteiger partial charge in [0.1, 0.15) is 12.4 Å². The van der Waals surface area contributed by atoms with Crippen LogP contribution in [0.4, 0.5) is 11.4 Å². The standard InChI is InChI=1S/C20H16ClN3O3/c21-17-6-11-20(27-14-15-4-2-1-3-5-15)16(12-17)13-22-23-18-7-9-19(10-8-18)24(25)26/h1-13,23H,14H2/b22-13-. The van der Waals surface area contributed by atoms with Crippen molar-refractivity contribution in [2.45, 2.75) is 6.61 Å². The lowest BCUT2D eigenvalue weighted by atomic mass is 10.2. The molecule has 0 amide bonds. The van der Waals surface area contributed by atoms with E-state index in [1.165, 1.54) is 12.1 Å². The highest BCUT2D eigenvalue weighted by Crippen LogP contribution is 2.23. The van der Waals surface area contributed by atoms with Crippen molar-refractivity contribution in [3.63, 3.8) is 0 Å². The Labute approximate surface area is 161 Å². The fourth-order valence-electron chi connectivity index (χ4n) is 2.32. The summed E-state index contributed by atoms with van der Waals surface area (Å²) in [5.41, 5.74) is 5.25. The van der Waals surface area contributed by atoms with E-state index in [9.17, 15) is 10.1 Å². The minimum Gasteiger partial charge on any atom is -0.488 e. The van der Waals surface area contributed by atoms with Crippen molar-refractivity contribution in [2.24, 2.45) is 5.10 Å². The molecule has 0 spiro atoms. The van der Waals surface area contributed by atoms with Crippen molar-refractivity contribution in [2.75, 3.05) is 5.43 Å². The highest BCUT2D eigenvalue weighted by atomic mass is 35.5. The molecule has 0 unspecified atom stereocenters. The number of ether oxygens (including phenoxy) is 1. The average Bonchev–Trinajstić information content (AvgIpc) is 2.68. The van der Waals surface area contributed by atoms with Gasteiger partial charge in [0, 0.05) is 22.7 Å². The van der Waals surface area contributed by atoms with Gasteiger partial charge in [-0.15, -0.1) is 0 Å². The lowest BCUT2D eigenvalue weighted by molar-refractivity contribution is -0.384. The second-order valence-corrected chi connectivity index (χ2v) is 6.07. The van der Waals surface area contributed by atoms with Crippen LogP contribution >= 0.6 is 11.6 Å². The van der Waals surface area contributed by atoms with Crippen LogP contribution in [0.5, 0.6) is 5.75 Å². The van der Waals surface area contributed by atoms with Gasteiger partial charge in [-0.05, 0) is 35.9 Å². The molecule has 136 valence electrons. The monoisotopic (exact) mass is 381 g/mol. The molecule has 7 heteroatoms. The molecular formula is C20H16ClN3O3. The number of rotatable bonds is 7. The fourth-order valence-corrected chi connectivity index (χ4v) is 2.50. The van der Waals surface area contributed by atoms with Crippen molar-refractivity contribution in [1.82, 2.24) is 0 Å². The SMILES string of the molecule is O=[N+]([O-])c1ccc(N/N=C\c2cc(Cl)ccc2OCc2ccccc2)cc1. The summed E-state index contributed by atoms with van der Waals surface area (Å²) < 4.78 is 5.87. The molecule has 0 saturated heterocycles. The number of anilines is 1. The largest absolute Gasteiger partial charge is 0.488 e. The smallest absolute Gasteiger partial charge is 0.269 e. The molecule has 3 aromatic rings. The van der Waals surface area contributed by atoms with Crippen LogP contribution < -0.4 is 10.2 Å². The zero-order valence-electron chi connectivity index (χ0n) is 14.2. The molecule has 0 bridgehead atoms. The lowest BCUT2D eigenvalue weighted by Crippen LogP contribution is -1.99. The molecule has 0 aromatic heterocycles. The van der Waals surface area contributed by atoms with E-state index < -0.39 is 4.92 Å². The van der Waals surface area contributed by atoms with Gasteiger partial charge >= 0.3 is 0 Å². The predicted molar refractivity (Wildman–Crippen MR) is 107 cm³/mol. The number of hydrogen-bond acceptors (Lipinski definition) is 5. The summed E-state index contributed by atoms with van der Waals surface area (Å²) in [6.45, 7) is 0.430. The predicted octanol–water partition coefficient (Wildman–Crippen LogP) is 5.27. The first-order valence-corrected chi connectivity index (χ1v) is 8.49. The van der Waals surface area contributed by atoms with E-state index in [1.54, 1.807) is 36.5 Å². The maximum atomic E-state index is 10.7. The molecule has 0 aliphatic heterocycles. The van der Waals surface area contributed by atoms with E-state index in [0.29, 0.717) is 28.6 Å². The minimum atomic E-state index is -0.449. The van der Waals surface area contributed by atoms with Crippen LogP contribution in [0.25, 0.3) is 0 Å². The molecule has 0 radical (unpaired) electrons. The van der Waals surface area contributed by atoms with E-state index in [2.05, 4.69) is 10.5 Å². The van der Waals surface area contributed by atoms with Gasteiger partial charge < -0.3 is 4.74 Å². The van der Waals surface area contributed by atoms with Crippen LogP contribution in [0.2, 0.25) is 5.02 Å². The zero-order chi connectivity index (χ0) is 19.1. The first kappa shape index (κ1) is 18.4. The Morgan fingerprint density at radius 1 is 1.07 bits per heavy atom. The van der Waals surface area contributed by atoms with Gasteiger partial charge in [0.05, 0.1) is 16.8 Å². The number of hydrogen-bond donors (Lipinski definition) is 1. The Bertz CT molecular complexity index is 944. The first-order chi connectivity index (χ1) is 13.1. The van der Waals surface area contributed by atoms with Gasteiger partial charge in [-0.3, -0.25) is 15.5 Å². The van der Waals surface area contributed by atoms with Gasteiger partial charge in [0.2, 0.25) is 0 Å². The number of non-ortho nitro benzene ring substituents is 1. The zero-order valence-corrected chi connectivity index (χ0v) is 15.0. The van der Waals surface area contributed by atoms with Crippen LogP contribution in [0.1, 0.15) is 11.1 Å². The van der Waals surface area contributed by atoms with Crippen LogP contribution in [-0.2, 0) is 6.61 Å². The lowest BCUT2D eigenvalue weighted by Gasteiger charge is -2.09. The summed E-state index contributed by atoms with van der Waals surface area (Å²) in [5.74, 6) is 0.650. The van der Waals surface area contributed by atoms with Crippen LogP contribution in [0, 0.1) is 10.1 Å². The van der Waals surface area contributed by atoms with Crippen LogP contribution in [0.15, 0.2) is 77.9 Å². The molecule has 0 aliphatic rings. The quantitative estimate of drug-likeness (QED) is 0.343. The number of hydrazone groups is 1. The third kappa shape index (κ3) is 5.29. The number of nitrogens with one attached hydrogen (secondary N) is 1. The normalized spacial score (nSPS) is 10.7. The molecule has 0 aliphatic carbocycles. The van der Waals surface area contributed by atoms with Gasteiger partial charge in [0.25, 0.3) is 5.69 Å². The number of halogens is 1. The topological polar surface area (TPSA) is 76.8 Å². The second kappa shape index (κ2) is 8.82. The van der Waals surface area contributed by atoms with Crippen molar-refractivity contribution in [3.8, 4) is 5.75 Å². The Morgan fingerprint density at radius 2 is 1.81 bits per heavy atom. The van der Waals surface area contributed by atoms with Crippen LogP contribution in [-0.4, -0.2) is 11.1 Å². The molecule has 1 N–H and O–H groups in total. The Balaban J connectivity index is 1.68. The van der Waals surface area contributed by atoms with E-state index in [-0.39, 0.29) is 5.69 Å². The van der Waals surface area contributed by atoms with Crippen LogP contribution in [0.3, 0.4) is 0 Å². The molecule has 6 nitrogen and oxygen atoms in total. The first-order valence-electron chi connectivity index (χ1n) is 8.11. The summed E-state index contributed by atoms with van der Waals surface area (Å²) >= 11 is 6.08. The number of nitrogens with zero attached hydrogens (tertiary/aromatic N) is 2. The Hall–Kier alpha value is -3.38. The third-order valence-electron chi connectivity index (χ3n) is 3.68. The van der Waals surface area contributed by atoms with E-state index in [4.69, 9.17) is 16.3 Å². The summed E-state index contributed by atoms with van der Waals surface area (Å²) in [6, 6.07) is 21.1. The molecule has 0 saturated carbocycles. The molecule has 0 heterocycles. The van der Waals surface area contributed by atoms with E-state index in [1.807, 2.05) is 30.3 Å². The Morgan fingerprint density at radius 3 is 2.52 bits per heavy atom. The molecular weight excluding hydrogens is 366 g/mol. The molecule has 0 fully saturated rings. The van der Waals surface area contributed by atoms with Gasteiger partial charge in [-0.2, -0.15) is 5.10 Å². The van der Waals surface area contributed by atoms with Gasteiger partial charge in [-0.25, -0.2) is 0 Å². The molecule has 3 aromatic carbocycles. The number of nitro groups is 1. The highest BCUT2D eigenvalue weighted by molar-refractivity contribution is 6.30. The van der Waals surface area contributed by atoms with Gasteiger partial charge in [-0.1, -0.05) is 41.9 Å². The van der Waals surface area contributed by atoms with Crippen molar-refractivity contribution in [1.29, 1.82) is 0 Å². The van der Waals surface area contributed by atoms with Crippen molar-refractivity contribution in [3.05, 3.63) is 99.1 Å². The molecule has 0 atom stereocenters. The van der Waals surface area contributed by atoms with E-state index >= 15 is 0 Å². The molecule has 27 heavy (non-hydrogen) atoms. The molecule has 3 rings (SSSR count). The summed E-state index contributed by atoms with van der Waals surface area (Å²) in [5, 5.41) is 15.4. The van der Waals surface area contributed by atoms with Crippen molar-refractivity contribution >= 4 is 29.2 Å². The van der Waals surface area contributed by atoms with Crippen molar-refractivity contribution < 1.29 is 9.66 Å². The summed E-state index contributed by atoms with van der Waals surface area (Å²) in [6.07, 6.45) is 1.59. The Kier molecular flexibility index (Phi) is 6.02. The summed E-state index contributed by atoms with van der Waals surface area (Å²) in [4.78, 5) is 10.2.